The fourth-order valence-corrected chi connectivity index (χ4v) is 4.68. The third-order valence-corrected chi connectivity index (χ3v) is 6.97. The summed E-state index contributed by atoms with van der Waals surface area (Å²) in [5.74, 6) is 0.348. The van der Waals surface area contributed by atoms with E-state index in [4.69, 9.17) is 15.5 Å². The van der Waals surface area contributed by atoms with E-state index in [1.807, 2.05) is 57.7 Å². The second-order valence-electron chi connectivity index (χ2n) is 10.0. The minimum absolute atomic E-state index is 0.0482. The topological polar surface area (TPSA) is 93.8 Å². The molecule has 1 aromatic rings. The molecule has 31 heavy (non-hydrogen) atoms. The molecule has 0 saturated carbocycles. The molecule has 2 rings (SSSR count). The van der Waals surface area contributed by atoms with Gasteiger partial charge in [0.1, 0.15) is 5.60 Å². The van der Waals surface area contributed by atoms with Crippen LogP contribution in [0.5, 0.6) is 0 Å². The Balaban J connectivity index is 1.92. The predicted octanol–water partition coefficient (Wildman–Crippen LogP) is 4.46. The van der Waals surface area contributed by atoms with Crippen LogP contribution in [0, 0.1) is 0 Å². The molecule has 1 aliphatic heterocycles. The number of carbonyl (C=O) groups excluding carboxylic acids is 2. The maximum Gasteiger partial charge on any atom is 0.220 e. The largest absolute Gasteiger partial charge is 0.474 e. The van der Waals surface area contributed by atoms with Crippen molar-refractivity contribution in [2.24, 2.45) is 10.7 Å². The number of rotatable bonds is 10. The summed E-state index contributed by atoms with van der Waals surface area (Å²) in [6.07, 6.45) is 2.50. The highest BCUT2D eigenvalue weighted by Gasteiger charge is 2.41. The standard InChI is InChI=1S/C24H37N3O3S/c1-22(2,14-12-19(25)28)26-20(29)13-15-23(3,4)27-21-16-18(24(5,6)30-21)31-17-10-8-7-9-11-17/h7-11,18H,12-16H2,1-6H3,(H2,25,28)(H,26,29). The van der Waals surface area contributed by atoms with Crippen molar-refractivity contribution in [3.8, 4) is 0 Å². The van der Waals surface area contributed by atoms with E-state index < -0.39 is 11.1 Å². The van der Waals surface area contributed by atoms with Gasteiger partial charge in [0.15, 0.2) is 5.90 Å². The van der Waals surface area contributed by atoms with Gasteiger partial charge in [-0.2, -0.15) is 0 Å². The van der Waals surface area contributed by atoms with Crippen LogP contribution in [0.2, 0.25) is 0 Å². The highest BCUT2D eigenvalue weighted by Crippen LogP contribution is 2.40. The molecule has 1 aromatic carbocycles. The SMILES string of the molecule is CC(C)(CCC(=O)NC(C)(C)CCC(N)=O)N=C1CC(Sc2ccccc2)C(C)(C)O1. The lowest BCUT2D eigenvalue weighted by molar-refractivity contribution is -0.124. The highest BCUT2D eigenvalue weighted by molar-refractivity contribution is 8.00. The maximum absolute atomic E-state index is 12.4. The van der Waals surface area contributed by atoms with Crippen molar-refractivity contribution in [1.82, 2.24) is 5.32 Å². The van der Waals surface area contributed by atoms with Gasteiger partial charge in [0.2, 0.25) is 11.8 Å². The van der Waals surface area contributed by atoms with Gasteiger partial charge in [-0.25, -0.2) is 4.99 Å². The number of nitrogens with zero attached hydrogens (tertiary/aromatic N) is 1. The number of ether oxygens (including phenoxy) is 1. The van der Waals surface area contributed by atoms with E-state index in [9.17, 15) is 9.59 Å². The number of nitrogens with two attached hydrogens (primary N) is 1. The molecular formula is C24H37N3O3S. The van der Waals surface area contributed by atoms with Crippen LogP contribution in [0.15, 0.2) is 40.2 Å². The zero-order chi connectivity index (χ0) is 23.3. The number of hydrogen-bond donors (Lipinski definition) is 2. The van der Waals surface area contributed by atoms with E-state index in [1.165, 1.54) is 4.90 Å². The second-order valence-corrected chi connectivity index (χ2v) is 11.3. The van der Waals surface area contributed by atoms with E-state index in [1.54, 1.807) is 0 Å². The summed E-state index contributed by atoms with van der Waals surface area (Å²) in [7, 11) is 0. The summed E-state index contributed by atoms with van der Waals surface area (Å²) in [6.45, 7) is 12.1. The summed E-state index contributed by atoms with van der Waals surface area (Å²) < 4.78 is 6.20. The Bertz CT molecular complexity index is 804. The van der Waals surface area contributed by atoms with Crippen LogP contribution in [0.4, 0.5) is 0 Å². The number of amides is 2. The second kappa shape index (κ2) is 10.1. The van der Waals surface area contributed by atoms with Gasteiger partial charge in [-0.3, -0.25) is 9.59 Å². The monoisotopic (exact) mass is 447 g/mol. The zero-order valence-corrected chi connectivity index (χ0v) is 20.5. The zero-order valence-electron chi connectivity index (χ0n) is 19.7. The lowest BCUT2D eigenvalue weighted by Crippen LogP contribution is -2.44. The first kappa shape index (κ1) is 25.2. The molecule has 3 N–H and O–H groups in total. The minimum atomic E-state index is -0.470. The van der Waals surface area contributed by atoms with Crippen LogP contribution in [0.3, 0.4) is 0 Å². The first-order valence-corrected chi connectivity index (χ1v) is 11.7. The molecule has 1 saturated heterocycles. The van der Waals surface area contributed by atoms with E-state index in [-0.39, 0.29) is 29.1 Å². The lowest BCUT2D eigenvalue weighted by atomic mass is 9.96. The van der Waals surface area contributed by atoms with Gasteiger partial charge in [0.25, 0.3) is 0 Å². The highest BCUT2D eigenvalue weighted by atomic mass is 32.2. The van der Waals surface area contributed by atoms with Gasteiger partial charge >= 0.3 is 0 Å². The van der Waals surface area contributed by atoms with E-state index >= 15 is 0 Å². The maximum atomic E-state index is 12.4. The van der Waals surface area contributed by atoms with Gasteiger partial charge in [0, 0.05) is 29.7 Å². The molecule has 1 aliphatic rings. The molecule has 172 valence electrons. The Kier molecular flexibility index (Phi) is 8.20. The molecule has 1 heterocycles. The molecule has 0 aromatic heterocycles. The number of carbonyl (C=O) groups is 2. The molecule has 1 fully saturated rings. The molecule has 1 unspecified atom stereocenters. The number of benzene rings is 1. The minimum Gasteiger partial charge on any atom is -0.474 e. The Morgan fingerprint density at radius 1 is 1.16 bits per heavy atom. The number of nitrogens with one attached hydrogen (secondary N) is 1. The quantitative estimate of drug-likeness (QED) is 0.553. The first-order chi connectivity index (χ1) is 14.3. The van der Waals surface area contributed by atoms with E-state index in [0.29, 0.717) is 19.3 Å². The Hall–Kier alpha value is -2.02. The van der Waals surface area contributed by atoms with Crippen LogP contribution >= 0.6 is 11.8 Å². The molecule has 0 aliphatic carbocycles. The van der Waals surface area contributed by atoms with Crippen LogP contribution in [0.1, 0.15) is 73.6 Å². The van der Waals surface area contributed by atoms with Crippen LogP contribution < -0.4 is 11.1 Å². The Labute approximate surface area is 190 Å². The third-order valence-electron chi connectivity index (χ3n) is 5.40. The summed E-state index contributed by atoms with van der Waals surface area (Å²) in [5, 5.41) is 3.27. The van der Waals surface area contributed by atoms with Crippen molar-refractivity contribution >= 4 is 29.5 Å². The summed E-state index contributed by atoms with van der Waals surface area (Å²) in [4.78, 5) is 29.5. The molecule has 6 nitrogen and oxygen atoms in total. The van der Waals surface area contributed by atoms with Gasteiger partial charge in [0.05, 0.1) is 10.8 Å². The average molecular weight is 448 g/mol. The molecule has 0 radical (unpaired) electrons. The fraction of sp³-hybridized carbons (Fsp3) is 0.625. The van der Waals surface area contributed by atoms with Crippen molar-refractivity contribution in [3.63, 3.8) is 0 Å². The van der Waals surface area contributed by atoms with E-state index in [0.717, 1.165) is 12.3 Å². The summed E-state index contributed by atoms with van der Waals surface area (Å²) in [6, 6.07) is 10.3. The molecule has 0 spiro atoms. The molecule has 0 bridgehead atoms. The van der Waals surface area contributed by atoms with Gasteiger partial charge in [-0.1, -0.05) is 18.2 Å². The normalized spacial score (nSPS) is 19.8. The van der Waals surface area contributed by atoms with Gasteiger partial charge in [-0.05, 0) is 66.5 Å². The fourth-order valence-electron chi connectivity index (χ4n) is 3.48. The van der Waals surface area contributed by atoms with Crippen molar-refractivity contribution < 1.29 is 14.3 Å². The van der Waals surface area contributed by atoms with Crippen LogP contribution in [-0.2, 0) is 14.3 Å². The molecule has 7 heteroatoms. The summed E-state index contributed by atoms with van der Waals surface area (Å²) in [5.41, 5.74) is 4.03. The molecular weight excluding hydrogens is 410 g/mol. The lowest BCUT2D eigenvalue weighted by Gasteiger charge is -2.27. The van der Waals surface area contributed by atoms with Gasteiger partial charge < -0.3 is 15.8 Å². The van der Waals surface area contributed by atoms with Crippen molar-refractivity contribution in [3.05, 3.63) is 30.3 Å². The van der Waals surface area contributed by atoms with Crippen LogP contribution in [0.25, 0.3) is 0 Å². The van der Waals surface area contributed by atoms with Crippen molar-refractivity contribution in [2.75, 3.05) is 0 Å². The molecule has 1 atom stereocenters. The Morgan fingerprint density at radius 3 is 2.42 bits per heavy atom. The number of primary amides is 1. The van der Waals surface area contributed by atoms with E-state index in [2.05, 4.69) is 31.3 Å². The summed E-state index contributed by atoms with van der Waals surface area (Å²) >= 11 is 1.82. The van der Waals surface area contributed by atoms with Crippen molar-refractivity contribution in [2.45, 2.75) is 100 Å². The number of hydrogen-bond acceptors (Lipinski definition) is 5. The third kappa shape index (κ3) is 8.56. The van der Waals surface area contributed by atoms with Crippen LogP contribution in [-0.4, -0.2) is 39.6 Å². The Morgan fingerprint density at radius 2 is 1.81 bits per heavy atom. The number of thioether (sulfide) groups is 1. The predicted molar refractivity (Wildman–Crippen MR) is 127 cm³/mol. The smallest absolute Gasteiger partial charge is 0.220 e. The van der Waals surface area contributed by atoms with Gasteiger partial charge in [-0.15, -0.1) is 11.8 Å². The molecule has 2 amide bonds. The number of aliphatic imine (C=N–C) groups is 1. The first-order valence-electron chi connectivity index (χ1n) is 10.9. The van der Waals surface area contributed by atoms with Crippen molar-refractivity contribution in [1.29, 1.82) is 0 Å². The average Bonchev–Trinajstić information content (AvgIpc) is 2.91.